The highest BCUT2D eigenvalue weighted by Gasteiger charge is 2.48. The van der Waals surface area contributed by atoms with Crippen molar-refractivity contribution in [1.29, 1.82) is 0 Å². The van der Waals surface area contributed by atoms with E-state index in [-0.39, 0.29) is 5.60 Å². The first-order valence-corrected chi connectivity index (χ1v) is 13.2. The molecule has 8 nitrogen and oxygen atoms in total. The van der Waals surface area contributed by atoms with Crippen LogP contribution in [0, 0.1) is 0 Å². The number of rotatable bonds is 7. The zero-order valence-electron chi connectivity index (χ0n) is 20.0. The molecule has 0 radical (unpaired) electrons. The molecular formula is C27H28N4O4S. The van der Waals surface area contributed by atoms with Gasteiger partial charge in [-0.3, -0.25) is 4.90 Å². The third-order valence-corrected chi connectivity index (χ3v) is 7.73. The maximum atomic E-state index is 11.4. The van der Waals surface area contributed by atoms with E-state index >= 15 is 0 Å². The van der Waals surface area contributed by atoms with Crippen molar-refractivity contribution in [3.8, 4) is 28.0 Å². The molecular weight excluding hydrogens is 476 g/mol. The van der Waals surface area contributed by atoms with Crippen molar-refractivity contribution in [2.75, 3.05) is 19.6 Å². The standard InChI is InChI=1S/C27H28N4O4S/c1-26(32)11-12-30(17-26)18-27(9-10-27)35-22-7-5-19(6-8-22)21-14-28-25-24(15-29-31(25)16-21)20-3-2-4-23(13-20)36(33)34/h2-8,13-16,32H,9-12,17-18H2,1H3,(H,33,34)/t26-/m1/s1. The van der Waals surface area contributed by atoms with E-state index < -0.39 is 16.7 Å². The predicted octanol–water partition coefficient (Wildman–Crippen LogP) is 4.01. The van der Waals surface area contributed by atoms with Crippen LogP contribution in [0.4, 0.5) is 0 Å². The highest BCUT2D eigenvalue weighted by Crippen LogP contribution is 2.42. The molecule has 9 heteroatoms. The number of β-amino-alcohol motifs (C(OH)–C–C–N with tert-alkyl or cyclic N) is 1. The van der Waals surface area contributed by atoms with Gasteiger partial charge in [-0.2, -0.15) is 5.10 Å². The number of likely N-dealkylation sites (tertiary alicyclic amines) is 1. The number of aromatic nitrogens is 3. The molecule has 1 saturated heterocycles. The molecule has 2 aromatic carbocycles. The fourth-order valence-electron chi connectivity index (χ4n) is 4.98. The van der Waals surface area contributed by atoms with Gasteiger partial charge in [0.25, 0.3) is 0 Å². The first-order chi connectivity index (χ1) is 17.3. The summed E-state index contributed by atoms with van der Waals surface area (Å²) in [4.78, 5) is 7.28. The SMILES string of the molecule is C[C@@]1(O)CCN(CC2(Oc3ccc(-c4cnc5c(-c6cccc(S(=O)O)c6)cnn5c4)cc3)CC2)C1. The Morgan fingerprint density at radius 1 is 1.06 bits per heavy atom. The van der Waals surface area contributed by atoms with Gasteiger partial charge in [0, 0.05) is 43.2 Å². The summed E-state index contributed by atoms with van der Waals surface area (Å²) < 4.78 is 29.0. The smallest absolute Gasteiger partial charge is 0.186 e. The molecule has 1 unspecified atom stereocenters. The van der Waals surface area contributed by atoms with Crippen LogP contribution in [-0.4, -0.2) is 64.2 Å². The van der Waals surface area contributed by atoms with Crippen LogP contribution in [0.5, 0.6) is 5.75 Å². The molecule has 0 bridgehead atoms. The van der Waals surface area contributed by atoms with Crippen LogP contribution in [-0.2, 0) is 11.1 Å². The van der Waals surface area contributed by atoms with Crippen molar-refractivity contribution in [2.24, 2.45) is 0 Å². The second kappa shape index (κ2) is 8.77. The molecule has 2 aliphatic rings. The lowest BCUT2D eigenvalue weighted by atomic mass is 10.1. The zero-order valence-corrected chi connectivity index (χ0v) is 20.8. The van der Waals surface area contributed by atoms with Crippen LogP contribution in [0.15, 0.2) is 72.0 Å². The lowest BCUT2D eigenvalue weighted by Crippen LogP contribution is -2.38. The third kappa shape index (κ3) is 4.67. The summed E-state index contributed by atoms with van der Waals surface area (Å²) >= 11 is -2.04. The molecule has 0 spiro atoms. The van der Waals surface area contributed by atoms with Crippen LogP contribution in [0.1, 0.15) is 26.2 Å². The molecule has 2 N–H and O–H groups in total. The molecule has 6 rings (SSSR count). The van der Waals surface area contributed by atoms with Crippen molar-refractivity contribution in [2.45, 2.75) is 42.3 Å². The molecule has 3 heterocycles. The fourth-order valence-corrected chi connectivity index (χ4v) is 5.40. The molecule has 36 heavy (non-hydrogen) atoms. The third-order valence-electron chi connectivity index (χ3n) is 7.08. The van der Waals surface area contributed by atoms with Gasteiger partial charge in [-0.25, -0.2) is 13.7 Å². The lowest BCUT2D eigenvalue weighted by Gasteiger charge is -2.25. The van der Waals surface area contributed by atoms with Gasteiger partial charge in [0.05, 0.1) is 16.7 Å². The molecule has 1 saturated carbocycles. The summed E-state index contributed by atoms with van der Waals surface area (Å²) in [6.07, 6.45) is 8.34. The molecule has 2 fully saturated rings. The minimum atomic E-state index is -2.04. The molecule has 2 aromatic heterocycles. The minimum absolute atomic E-state index is 0.145. The lowest BCUT2D eigenvalue weighted by molar-refractivity contribution is 0.0580. The fraction of sp³-hybridized carbons (Fsp3) is 0.333. The van der Waals surface area contributed by atoms with Gasteiger partial charge in [0.2, 0.25) is 0 Å². The Balaban J connectivity index is 1.18. The van der Waals surface area contributed by atoms with E-state index in [4.69, 9.17) is 4.74 Å². The van der Waals surface area contributed by atoms with E-state index in [0.29, 0.717) is 17.1 Å². The summed E-state index contributed by atoms with van der Waals surface area (Å²) in [7, 11) is 0. The van der Waals surface area contributed by atoms with Gasteiger partial charge in [-0.15, -0.1) is 0 Å². The van der Waals surface area contributed by atoms with Crippen LogP contribution in [0.25, 0.3) is 27.9 Å². The zero-order chi connectivity index (χ0) is 24.9. The molecule has 4 aromatic rings. The van der Waals surface area contributed by atoms with Gasteiger partial charge in [-0.05, 0) is 61.6 Å². The van der Waals surface area contributed by atoms with Crippen molar-refractivity contribution in [3.63, 3.8) is 0 Å². The van der Waals surface area contributed by atoms with Crippen LogP contribution < -0.4 is 4.74 Å². The van der Waals surface area contributed by atoms with Crippen molar-refractivity contribution in [1.82, 2.24) is 19.5 Å². The number of ether oxygens (including phenoxy) is 1. The van der Waals surface area contributed by atoms with Gasteiger partial charge in [0.15, 0.2) is 16.7 Å². The summed E-state index contributed by atoms with van der Waals surface area (Å²) in [5, 5.41) is 14.7. The van der Waals surface area contributed by atoms with Gasteiger partial charge >= 0.3 is 0 Å². The largest absolute Gasteiger partial charge is 0.486 e. The first kappa shape index (κ1) is 23.3. The van der Waals surface area contributed by atoms with Crippen LogP contribution in [0.2, 0.25) is 0 Å². The van der Waals surface area contributed by atoms with Crippen molar-refractivity contribution >= 4 is 16.7 Å². The predicted molar refractivity (Wildman–Crippen MR) is 137 cm³/mol. The Morgan fingerprint density at radius 2 is 1.86 bits per heavy atom. The second-order valence-electron chi connectivity index (χ2n) is 10.2. The van der Waals surface area contributed by atoms with Crippen LogP contribution in [0.3, 0.4) is 0 Å². The summed E-state index contributed by atoms with van der Waals surface area (Å²) in [5.74, 6) is 0.846. The number of hydrogen-bond donors (Lipinski definition) is 2. The highest BCUT2D eigenvalue weighted by atomic mass is 32.2. The Labute approximate surface area is 211 Å². The average Bonchev–Trinajstić information content (AvgIpc) is 3.32. The topological polar surface area (TPSA) is 100 Å². The number of hydrogen-bond acceptors (Lipinski definition) is 6. The number of fused-ring (bicyclic) bond motifs is 1. The average molecular weight is 505 g/mol. The van der Waals surface area contributed by atoms with Crippen molar-refractivity contribution in [3.05, 3.63) is 67.1 Å². The Kier molecular flexibility index (Phi) is 5.68. The molecule has 1 aliphatic heterocycles. The van der Waals surface area contributed by atoms with E-state index in [1.807, 2.05) is 49.6 Å². The summed E-state index contributed by atoms with van der Waals surface area (Å²) in [6, 6.07) is 15.0. The van der Waals surface area contributed by atoms with Crippen LogP contribution >= 0.6 is 0 Å². The van der Waals surface area contributed by atoms with Crippen molar-refractivity contribution < 1.29 is 18.6 Å². The second-order valence-corrected chi connectivity index (χ2v) is 11.2. The molecule has 2 atom stereocenters. The van der Waals surface area contributed by atoms with E-state index in [1.54, 1.807) is 28.9 Å². The van der Waals surface area contributed by atoms with E-state index in [0.717, 1.165) is 60.4 Å². The summed E-state index contributed by atoms with van der Waals surface area (Å²) in [6.45, 7) is 4.37. The number of nitrogens with zero attached hydrogens (tertiary/aromatic N) is 4. The maximum Gasteiger partial charge on any atom is 0.186 e. The van der Waals surface area contributed by atoms with Gasteiger partial charge in [-0.1, -0.05) is 24.3 Å². The molecule has 0 amide bonds. The van der Waals surface area contributed by atoms with E-state index in [1.165, 1.54) is 0 Å². The number of aliphatic hydroxyl groups is 1. The van der Waals surface area contributed by atoms with Gasteiger partial charge < -0.3 is 14.4 Å². The highest BCUT2D eigenvalue weighted by molar-refractivity contribution is 7.79. The Hall–Kier alpha value is -3.11. The van der Waals surface area contributed by atoms with E-state index in [9.17, 15) is 13.9 Å². The first-order valence-electron chi connectivity index (χ1n) is 12.1. The minimum Gasteiger partial charge on any atom is -0.486 e. The maximum absolute atomic E-state index is 11.4. The quantitative estimate of drug-likeness (QED) is 0.367. The monoisotopic (exact) mass is 504 g/mol. The Morgan fingerprint density at radius 3 is 2.56 bits per heavy atom. The normalized spacial score (nSPS) is 22.1. The molecule has 186 valence electrons. The molecule has 1 aliphatic carbocycles. The summed E-state index contributed by atoms with van der Waals surface area (Å²) in [5.41, 5.74) is 3.46. The van der Waals surface area contributed by atoms with Gasteiger partial charge in [0.1, 0.15) is 11.4 Å². The van der Waals surface area contributed by atoms with E-state index in [2.05, 4.69) is 15.0 Å². The number of benzene rings is 2. The Bertz CT molecular complexity index is 1450.